The Hall–Kier alpha value is -2.92. The third-order valence-electron chi connectivity index (χ3n) is 4.69. The second-order valence-corrected chi connectivity index (χ2v) is 6.67. The Morgan fingerprint density at radius 2 is 1.19 bits per heavy atom. The smallest absolute Gasteiger partial charge is 0.142 e. The molecule has 0 fully saturated rings. The van der Waals surface area contributed by atoms with Gasteiger partial charge in [0.25, 0.3) is 0 Å². The molecule has 0 aliphatic heterocycles. The molecular formula is C24H20F2. The Morgan fingerprint density at radius 1 is 0.654 bits per heavy atom. The number of benzene rings is 3. The van der Waals surface area contributed by atoms with E-state index in [9.17, 15) is 8.78 Å². The van der Waals surface area contributed by atoms with Gasteiger partial charge in [-0.1, -0.05) is 41.7 Å². The molecule has 2 heteroatoms. The molecular weight excluding hydrogens is 326 g/mol. The Balaban J connectivity index is 1.99. The fourth-order valence-corrected chi connectivity index (χ4v) is 2.85. The van der Waals surface area contributed by atoms with Crippen molar-refractivity contribution in [3.8, 4) is 23.0 Å². The summed E-state index contributed by atoms with van der Waals surface area (Å²) < 4.78 is 28.9. The van der Waals surface area contributed by atoms with Crippen LogP contribution in [0.2, 0.25) is 0 Å². The van der Waals surface area contributed by atoms with Gasteiger partial charge in [-0.05, 0) is 79.8 Å². The van der Waals surface area contributed by atoms with E-state index >= 15 is 0 Å². The first-order valence-corrected chi connectivity index (χ1v) is 8.51. The van der Waals surface area contributed by atoms with E-state index in [4.69, 9.17) is 0 Å². The number of hydrogen-bond donors (Lipinski definition) is 0. The minimum absolute atomic E-state index is 0.197. The summed E-state index contributed by atoms with van der Waals surface area (Å²) >= 11 is 0. The molecule has 3 aromatic carbocycles. The Kier molecular flexibility index (Phi) is 4.91. The van der Waals surface area contributed by atoms with Gasteiger partial charge in [0.1, 0.15) is 11.6 Å². The first kappa shape index (κ1) is 17.9. The second-order valence-electron chi connectivity index (χ2n) is 6.67. The maximum absolute atomic E-state index is 14.5. The molecule has 26 heavy (non-hydrogen) atoms. The molecule has 0 aromatic heterocycles. The third-order valence-corrected chi connectivity index (χ3v) is 4.69. The standard InChI is InChI=1S/C24H20F2/c1-15-5-8-20(9-6-15)21-13-23(25)22(24(26)14-21)10-7-19-11-16(2)18(4)17(3)12-19/h5-6,8-9,11-14H,1-4H3. The number of halogens is 2. The Bertz CT molecular complexity index is 986. The molecule has 0 aliphatic carbocycles. The molecule has 0 N–H and O–H groups in total. The third kappa shape index (κ3) is 3.68. The maximum Gasteiger partial charge on any atom is 0.142 e. The van der Waals surface area contributed by atoms with E-state index in [2.05, 4.69) is 11.8 Å². The number of rotatable bonds is 1. The summed E-state index contributed by atoms with van der Waals surface area (Å²) in [4.78, 5) is 0. The van der Waals surface area contributed by atoms with Crippen molar-refractivity contribution in [1.29, 1.82) is 0 Å². The zero-order chi connectivity index (χ0) is 18.8. The molecule has 0 aliphatic rings. The number of aryl methyl sites for hydroxylation is 3. The van der Waals surface area contributed by atoms with Gasteiger partial charge in [0.05, 0.1) is 5.56 Å². The highest BCUT2D eigenvalue weighted by Crippen LogP contribution is 2.24. The van der Waals surface area contributed by atoms with E-state index in [1.54, 1.807) is 0 Å². The molecule has 130 valence electrons. The van der Waals surface area contributed by atoms with Crippen LogP contribution in [0, 0.1) is 51.2 Å². The van der Waals surface area contributed by atoms with E-state index < -0.39 is 11.6 Å². The lowest BCUT2D eigenvalue weighted by atomic mass is 10.00. The molecule has 0 saturated carbocycles. The van der Waals surface area contributed by atoms with Crippen LogP contribution < -0.4 is 0 Å². The maximum atomic E-state index is 14.5. The minimum atomic E-state index is -0.645. The highest BCUT2D eigenvalue weighted by atomic mass is 19.1. The van der Waals surface area contributed by atoms with Crippen LogP contribution in [0.1, 0.15) is 33.4 Å². The quantitative estimate of drug-likeness (QED) is 0.456. The fraction of sp³-hybridized carbons (Fsp3) is 0.167. The summed E-state index contributed by atoms with van der Waals surface area (Å²) in [5.41, 5.74) is 6.38. The summed E-state index contributed by atoms with van der Waals surface area (Å²) in [6.07, 6.45) is 0. The number of hydrogen-bond acceptors (Lipinski definition) is 0. The highest BCUT2D eigenvalue weighted by molar-refractivity contribution is 5.65. The Morgan fingerprint density at radius 3 is 1.73 bits per heavy atom. The lowest BCUT2D eigenvalue weighted by Crippen LogP contribution is -1.93. The molecule has 0 heterocycles. The largest absolute Gasteiger partial charge is 0.205 e. The molecule has 0 saturated heterocycles. The predicted octanol–water partition coefficient (Wildman–Crippen LogP) is 6.27. The molecule has 0 unspecified atom stereocenters. The summed E-state index contributed by atoms with van der Waals surface area (Å²) in [6.45, 7) is 8.03. The van der Waals surface area contributed by atoms with Gasteiger partial charge < -0.3 is 0 Å². The van der Waals surface area contributed by atoms with E-state index in [1.807, 2.05) is 64.1 Å². The van der Waals surface area contributed by atoms with Crippen LogP contribution in [0.25, 0.3) is 11.1 Å². The lowest BCUT2D eigenvalue weighted by molar-refractivity contribution is 0.578. The van der Waals surface area contributed by atoms with Gasteiger partial charge in [-0.15, -0.1) is 0 Å². The first-order valence-electron chi connectivity index (χ1n) is 8.51. The average Bonchev–Trinajstić information content (AvgIpc) is 2.59. The van der Waals surface area contributed by atoms with Gasteiger partial charge in [0, 0.05) is 5.56 Å². The van der Waals surface area contributed by atoms with E-state index in [0.29, 0.717) is 5.56 Å². The van der Waals surface area contributed by atoms with Crippen LogP contribution in [-0.2, 0) is 0 Å². The van der Waals surface area contributed by atoms with Gasteiger partial charge in [-0.2, -0.15) is 0 Å². The van der Waals surface area contributed by atoms with Crippen LogP contribution >= 0.6 is 0 Å². The molecule has 0 bridgehead atoms. The van der Waals surface area contributed by atoms with Crippen molar-refractivity contribution in [2.24, 2.45) is 0 Å². The van der Waals surface area contributed by atoms with Gasteiger partial charge >= 0.3 is 0 Å². The van der Waals surface area contributed by atoms with Crippen LogP contribution in [0.15, 0.2) is 48.5 Å². The zero-order valence-corrected chi connectivity index (χ0v) is 15.4. The minimum Gasteiger partial charge on any atom is -0.205 e. The molecule has 0 amide bonds. The van der Waals surface area contributed by atoms with Crippen molar-refractivity contribution in [3.63, 3.8) is 0 Å². The predicted molar refractivity (Wildman–Crippen MR) is 103 cm³/mol. The summed E-state index contributed by atoms with van der Waals surface area (Å²) in [5.74, 6) is 4.26. The van der Waals surface area contributed by atoms with Crippen molar-refractivity contribution >= 4 is 0 Å². The van der Waals surface area contributed by atoms with Gasteiger partial charge in [-0.25, -0.2) is 8.78 Å². The van der Waals surface area contributed by atoms with Crippen molar-refractivity contribution in [3.05, 3.63) is 93.5 Å². The SMILES string of the molecule is Cc1ccc(-c2cc(F)c(C#Cc3cc(C)c(C)c(C)c3)c(F)c2)cc1. The second kappa shape index (κ2) is 7.14. The van der Waals surface area contributed by atoms with E-state index in [0.717, 1.165) is 27.8 Å². The van der Waals surface area contributed by atoms with Gasteiger partial charge in [0.2, 0.25) is 0 Å². The van der Waals surface area contributed by atoms with Crippen LogP contribution in [0.5, 0.6) is 0 Å². The molecule has 3 aromatic rings. The first-order chi connectivity index (χ1) is 12.3. The van der Waals surface area contributed by atoms with E-state index in [-0.39, 0.29) is 5.56 Å². The highest BCUT2D eigenvalue weighted by Gasteiger charge is 2.10. The average molecular weight is 346 g/mol. The van der Waals surface area contributed by atoms with Crippen molar-refractivity contribution in [2.75, 3.05) is 0 Å². The molecule has 0 radical (unpaired) electrons. The topological polar surface area (TPSA) is 0 Å². The lowest BCUT2D eigenvalue weighted by Gasteiger charge is -2.06. The van der Waals surface area contributed by atoms with E-state index in [1.165, 1.54) is 17.7 Å². The van der Waals surface area contributed by atoms with Crippen LogP contribution in [0.3, 0.4) is 0 Å². The van der Waals surface area contributed by atoms with Crippen molar-refractivity contribution < 1.29 is 8.78 Å². The summed E-state index contributed by atoms with van der Waals surface area (Å²) in [6, 6.07) is 14.1. The van der Waals surface area contributed by atoms with Crippen LogP contribution in [-0.4, -0.2) is 0 Å². The van der Waals surface area contributed by atoms with Gasteiger partial charge in [-0.3, -0.25) is 0 Å². The van der Waals surface area contributed by atoms with Gasteiger partial charge in [0.15, 0.2) is 0 Å². The Labute approximate surface area is 153 Å². The molecule has 0 spiro atoms. The fourth-order valence-electron chi connectivity index (χ4n) is 2.85. The van der Waals surface area contributed by atoms with Crippen LogP contribution in [0.4, 0.5) is 8.78 Å². The van der Waals surface area contributed by atoms with Crippen molar-refractivity contribution in [1.82, 2.24) is 0 Å². The molecule has 3 rings (SSSR count). The van der Waals surface area contributed by atoms with Crippen molar-refractivity contribution in [2.45, 2.75) is 27.7 Å². The summed E-state index contributed by atoms with van der Waals surface area (Å²) in [5, 5.41) is 0. The zero-order valence-electron chi connectivity index (χ0n) is 15.4. The monoisotopic (exact) mass is 346 g/mol. The molecule has 0 nitrogen and oxygen atoms in total. The molecule has 0 atom stereocenters. The normalized spacial score (nSPS) is 10.4. The summed E-state index contributed by atoms with van der Waals surface area (Å²) in [7, 11) is 0.